The van der Waals surface area contributed by atoms with Crippen molar-refractivity contribution in [2.24, 2.45) is 0 Å². The molecule has 0 aromatic heterocycles. The lowest BCUT2D eigenvalue weighted by atomic mass is 10.1. The van der Waals surface area contributed by atoms with Gasteiger partial charge in [0.05, 0.1) is 16.1 Å². The normalized spacial score (nSPS) is 10.2. The van der Waals surface area contributed by atoms with Crippen LogP contribution in [0.15, 0.2) is 36.4 Å². The summed E-state index contributed by atoms with van der Waals surface area (Å²) in [6, 6.07) is 12.6. The summed E-state index contributed by atoms with van der Waals surface area (Å²) in [7, 11) is 0. The maximum absolute atomic E-state index is 11.3. The molecule has 1 amide bonds. The van der Waals surface area contributed by atoms with Crippen molar-refractivity contribution in [3.63, 3.8) is 0 Å². The van der Waals surface area contributed by atoms with E-state index < -0.39 is 0 Å². The van der Waals surface area contributed by atoms with Gasteiger partial charge in [-0.05, 0) is 30.2 Å². The number of nitriles is 1. The summed E-state index contributed by atoms with van der Waals surface area (Å²) in [6.07, 6.45) is 0.425. The van der Waals surface area contributed by atoms with Crippen molar-refractivity contribution in [3.05, 3.63) is 62.6 Å². The van der Waals surface area contributed by atoms with Crippen LogP contribution < -0.4 is 10.1 Å². The SMILES string of the molecule is N#CCC(=O)NCCc1ccccc1OCc1c(Cl)ccc(Cl)c1Cl. The van der Waals surface area contributed by atoms with E-state index in [-0.39, 0.29) is 18.9 Å². The molecule has 0 aliphatic heterocycles. The molecule has 0 saturated carbocycles. The van der Waals surface area contributed by atoms with Gasteiger partial charge in [0.2, 0.25) is 5.91 Å². The van der Waals surface area contributed by atoms with Gasteiger partial charge >= 0.3 is 0 Å². The van der Waals surface area contributed by atoms with Gasteiger partial charge in [0.25, 0.3) is 0 Å². The van der Waals surface area contributed by atoms with E-state index in [1.54, 1.807) is 12.1 Å². The molecule has 0 bridgehead atoms. The number of amides is 1. The minimum Gasteiger partial charge on any atom is -0.489 e. The second kappa shape index (κ2) is 9.53. The summed E-state index contributed by atoms with van der Waals surface area (Å²) in [5.74, 6) is 0.377. The Kier molecular flexibility index (Phi) is 7.39. The van der Waals surface area contributed by atoms with Crippen LogP contribution in [0.1, 0.15) is 17.5 Å². The van der Waals surface area contributed by atoms with E-state index in [1.807, 2.05) is 30.3 Å². The van der Waals surface area contributed by atoms with Gasteiger partial charge in [-0.3, -0.25) is 4.79 Å². The predicted octanol–water partition coefficient (Wildman–Crippen LogP) is 4.80. The van der Waals surface area contributed by atoms with Gasteiger partial charge in [0, 0.05) is 17.1 Å². The average molecular weight is 398 g/mol. The monoisotopic (exact) mass is 396 g/mol. The molecule has 130 valence electrons. The van der Waals surface area contributed by atoms with E-state index >= 15 is 0 Å². The van der Waals surface area contributed by atoms with E-state index in [0.717, 1.165) is 5.56 Å². The second-order valence-electron chi connectivity index (χ2n) is 5.15. The fourth-order valence-corrected chi connectivity index (χ4v) is 2.83. The Balaban J connectivity index is 2.03. The molecule has 2 aromatic carbocycles. The van der Waals surface area contributed by atoms with Crippen LogP contribution in [0.25, 0.3) is 0 Å². The lowest BCUT2D eigenvalue weighted by molar-refractivity contribution is -0.120. The van der Waals surface area contributed by atoms with Gasteiger partial charge in [-0.1, -0.05) is 53.0 Å². The largest absolute Gasteiger partial charge is 0.489 e. The Morgan fingerprint density at radius 3 is 2.60 bits per heavy atom. The van der Waals surface area contributed by atoms with Gasteiger partial charge in [-0.2, -0.15) is 5.26 Å². The fourth-order valence-electron chi connectivity index (χ4n) is 2.17. The van der Waals surface area contributed by atoms with Crippen LogP contribution in [-0.2, 0) is 17.8 Å². The summed E-state index contributed by atoms with van der Waals surface area (Å²) in [5.41, 5.74) is 1.54. The van der Waals surface area contributed by atoms with Crippen LogP contribution in [0.2, 0.25) is 15.1 Å². The molecular weight excluding hydrogens is 383 g/mol. The molecule has 0 heterocycles. The number of nitrogens with one attached hydrogen (secondary N) is 1. The topological polar surface area (TPSA) is 62.1 Å². The zero-order valence-electron chi connectivity index (χ0n) is 13.2. The third-order valence-corrected chi connectivity index (χ3v) is 4.64. The van der Waals surface area contributed by atoms with Crippen LogP contribution in [0.5, 0.6) is 5.75 Å². The lowest BCUT2D eigenvalue weighted by Crippen LogP contribution is -2.25. The Labute approximate surface area is 161 Å². The van der Waals surface area contributed by atoms with Crippen molar-refractivity contribution >= 4 is 40.7 Å². The number of carbonyl (C=O) groups excluding carboxylic acids is 1. The molecule has 1 N–H and O–H groups in total. The maximum atomic E-state index is 11.3. The quantitative estimate of drug-likeness (QED) is 0.683. The molecule has 0 fully saturated rings. The van der Waals surface area contributed by atoms with E-state index in [1.165, 1.54) is 0 Å². The maximum Gasteiger partial charge on any atom is 0.234 e. The first-order valence-corrected chi connectivity index (χ1v) is 8.63. The molecule has 7 heteroatoms. The number of halogens is 3. The molecule has 0 aliphatic rings. The Hall–Kier alpha value is -1.93. The van der Waals surface area contributed by atoms with Crippen LogP contribution >= 0.6 is 34.8 Å². The smallest absolute Gasteiger partial charge is 0.234 e. The zero-order chi connectivity index (χ0) is 18.2. The molecule has 0 aliphatic carbocycles. The Morgan fingerprint density at radius 1 is 1.12 bits per heavy atom. The van der Waals surface area contributed by atoms with Gasteiger partial charge in [0.1, 0.15) is 18.8 Å². The van der Waals surface area contributed by atoms with Crippen molar-refractivity contribution in [2.45, 2.75) is 19.4 Å². The number of nitrogens with zero attached hydrogens (tertiary/aromatic N) is 1. The van der Waals surface area contributed by atoms with Gasteiger partial charge < -0.3 is 10.1 Å². The zero-order valence-corrected chi connectivity index (χ0v) is 15.5. The van der Waals surface area contributed by atoms with Crippen molar-refractivity contribution in [1.82, 2.24) is 5.32 Å². The van der Waals surface area contributed by atoms with E-state index in [9.17, 15) is 4.79 Å². The standard InChI is InChI=1S/C18H15Cl3N2O2/c19-14-5-6-15(20)18(21)13(14)11-25-16-4-2-1-3-12(16)8-10-23-17(24)7-9-22/h1-6H,7-8,10-11H2,(H,23,24). The van der Waals surface area contributed by atoms with Gasteiger partial charge in [-0.25, -0.2) is 0 Å². The predicted molar refractivity (Wildman–Crippen MR) is 99.2 cm³/mol. The number of rotatable bonds is 7. The lowest BCUT2D eigenvalue weighted by Gasteiger charge is -2.14. The highest BCUT2D eigenvalue weighted by Gasteiger charge is 2.12. The van der Waals surface area contributed by atoms with Gasteiger partial charge in [-0.15, -0.1) is 0 Å². The number of ether oxygens (including phenoxy) is 1. The fraction of sp³-hybridized carbons (Fsp3) is 0.222. The number of benzene rings is 2. The third-order valence-electron chi connectivity index (χ3n) is 3.44. The number of carbonyl (C=O) groups is 1. The highest BCUT2D eigenvalue weighted by atomic mass is 35.5. The summed E-state index contributed by atoms with van der Waals surface area (Å²) in [6.45, 7) is 0.593. The van der Waals surface area contributed by atoms with E-state index in [4.69, 9.17) is 44.8 Å². The first kappa shape index (κ1) is 19.4. The molecule has 2 rings (SSSR count). The number of hydrogen-bond acceptors (Lipinski definition) is 3. The molecule has 4 nitrogen and oxygen atoms in total. The van der Waals surface area contributed by atoms with E-state index in [0.29, 0.717) is 39.3 Å². The summed E-state index contributed by atoms with van der Waals surface area (Å²) >= 11 is 18.4. The first-order chi connectivity index (χ1) is 12.0. The van der Waals surface area contributed by atoms with Crippen molar-refractivity contribution < 1.29 is 9.53 Å². The van der Waals surface area contributed by atoms with Crippen molar-refractivity contribution in [2.75, 3.05) is 6.54 Å². The Morgan fingerprint density at radius 2 is 1.84 bits per heavy atom. The minimum absolute atomic E-state index is 0.149. The number of para-hydroxylation sites is 1. The van der Waals surface area contributed by atoms with Gasteiger partial charge in [0.15, 0.2) is 0 Å². The molecule has 0 saturated heterocycles. The van der Waals surface area contributed by atoms with Crippen LogP contribution in [0, 0.1) is 11.3 Å². The summed E-state index contributed by atoms with van der Waals surface area (Å²) in [4.78, 5) is 11.3. The second-order valence-corrected chi connectivity index (χ2v) is 6.35. The third kappa shape index (κ3) is 5.54. The summed E-state index contributed by atoms with van der Waals surface area (Å²) < 4.78 is 5.85. The van der Waals surface area contributed by atoms with E-state index in [2.05, 4.69) is 5.32 Å². The number of hydrogen-bond donors (Lipinski definition) is 1. The van der Waals surface area contributed by atoms with Crippen LogP contribution in [0.4, 0.5) is 0 Å². The highest BCUT2D eigenvalue weighted by molar-refractivity contribution is 6.44. The molecule has 0 atom stereocenters. The molecule has 0 spiro atoms. The van der Waals surface area contributed by atoms with Crippen molar-refractivity contribution in [1.29, 1.82) is 5.26 Å². The Bertz CT molecular complexity index is 803. The molecular formula is C18H15Cl3N2O2. The van der Waals surface area contributed by atoms with Crippen LogP contribution in [0.3, 0.4) is 0 Å². The van der Waals surface area contributed by atoms with Crippen LogP contribution in [-0.4, -0.2) is 12.5 Å². The molecule has 0 radical (unpaired) electrons. The summed E-state index contributed by atoms with van der Waals surface area (Å²) in [5, 5.41) is 12.4. The van der Waals surface area contributed by atoms with Crippen molar-refractivity contribution in [3.8, 4) is 11.8 Å². The minimum atomic E-state index is -0.293. The highest BCUT2D eigenvalue weighted by Crippen LogP contribution is 2.32. The molecule has 25 heavy (non-hydrogen) atoms. The molecule has 2 aromatic rings. The molecule has 0 unspecified atom stereocenters. The average Bonchev–Trinajstić information content (AvgIpc) is 2.60. The first-order valence-electron chi connectivity index (χ1n) is 7.49.